The van der Waals surface area contributed by atoms with Gasteiger partial charge in [-0.3, -0.25) is 4.79 Å². The first-order valence-corrected chi connectivity index (χ1v) is 7.21. The molecule has 1 aliphatic rings. The number of ether oxygens (including phenoxy) is 1. The van der Waals surface area contributed by atoms with Crippen molar-refractivity contribution in [2.24, 2.45) is 0 Å². The van der Waals surface area contributed by atoms with Gasteiger partial charge >= 0.3 is 0 Å². The van der Waals surface area contributed by atoms with E-state index >= 15 is 0 Å². The van der Waals surface area contributed by atoms with Crippen LogP contribution in [-0.2, 0) is 4.79 Å². The van der Waals surface area contributed by atoms with E-state index in [-0.39, 0.29) is 17.5 Å². The molecule has 0 spiro atoms. The van der Waals surface area contributed by atoms with E-state index in [9.17, 15) is 10.1 Å². The first-order valence-electron chi connectivity index (χ1n) is 7.21. The Morgan fingerprint density at radius 1 is 1.43 bits per heavy atom. The van der Waals surface area contributed by atoms with Crippen LogP contribution in [-0.4, -0.2) is 19.1 Å². The molecule has 0 bridgehead atoms. The number of methoxy groups -OCH3 is 1. The molecule has 0 radical (unpaired) electrons. The second-order valence-corrected chi connectivity index (χ2v) is 5.35. The van der Waals surface area contributed by atoms with Gasteiger partial charge in [0.2, 0.25) is 0 Å². The van der Waals surface area contributed by atoms with Gasteiger partial charge in [0.25, 0.3) is 5.91 Å². The monoisotopic (exact) mass is 284 g/mol. The van der Waals surface area contributed by atoms with Crippen LogP contribution in [0.25, 0.3) is 6.08 Å². The quantitative estimate of drug-likeness (QED) is 0.683. The first-order chi connectivity index (χ1) is 10.1. The van der Waals surface area contributed by atoms with E-state index in [1.54, 1.807) is 13.2 Å². The molecule has 0 atom stereocenters. The van der Waals surface area contributed by atoms with Crippen LogP contribution in [0.3, 0.4) is 0 Å². The number of amides is 1. The van der Waals surface area contributed by atoms with Gasteiger partial charge in [-0.1, -0.05) is 18.9 Å². The first kappa shape index (κ1) is 15.1. The summed E-state index contributed by atoms with van der Waals surface area (Å²) in [5.74, 6) is 0.484. The molecule has 110 valence electrons. The van der Waals surface area contributed by atoms with Gasteiger partial charge in [0.05, 0.1) is 7.11 Å². The Morgan fingerprint density at radius 2 is 2.14 bits per heavy atom. The van der Waals surface area contributed by atoms with Gasteiger partial charge in [0, 0.05) is 6.04 Å². The summed E-state index contributed by atoms with van der Waals surface area (Å²) >= 11 is 0. The third-order valence-electron chi connectivity index (χ3n) is 3.83. The molecule has 21 heavy (non-hydrogen) atoms. The molecule has 1 aliphatic carbocycles. The molecule has 1 aromatic carbocycles. The summed E-state index contributed by atoms with van der Waals surface area (Å²) < 4.78 is 5.15. The maximum atomic E-state index is 12.1. The average Bonchev–Trinajstić information content (AvgIpc) is 2.98. The van der Waals surface area contributed by atoms with E-state index in [1.807, 2.05) is 31.2 Å². The van der Waals surface area contributed by atoms with Gasteiger partial charge in [-0.15, -0.1) is 0 Å². The number of rotatable bonds is 4. The zero-order valence-electron chi connectivity index (χ0n) is 12.5. The normalized spacial score (nSPS) is 15.6. The zero-order valence-corrected chi connectivity index (χ0v) is 12.5. The van der Waals surface area contributed by atoms with Gasteiger partial charge in [-0.25, -0.2) is 0 Å². The minimum atomic E-state index is -0.278. The van der Waals surface area contributed by atoms with Gasteiger partial charge in [-0.05, 0) is 49.1 Å². The molecular formula is C17H20N2O2. The van der Waals surface area contributed by atoms with E-state index in [2.05, 4.69) is 5.32 Å². The van der Waals surface area contributed by atoms with Crippen molar-refractivity contribution in [1.82, 2.24) is 5.32 Å². The Bertz CT molecular complexity index is 593. The second-order valence-electron chi connectivity index (χ2n) is 5.35. The molecule has 0 unspecified atom stereocenters. The maximum absolute atomic E-state index is 12.1. The fourth-order valence-corrected chi connectivity index (χ4v) is 2.57. The number of carbonyl (C=O) groups excluding carboxylic acids is 1. The highest BCUT2D eigenvalue weighted by Gasteiger charge is 2.19. The molecule has 4 nitrogen and oxygen atoms in total. The molecule has 2 rings (SSSR count). The smallest absolute Gasteiger partial charge is 0.262 e. The van der Waals surface area contributed by atoms with Gasteiger partial charge in [-0.2, -0.15) is 5.26 Å². The molecule has 1 aromatic rings. The lowest BCUT2D eigenvalue weighted by Crippen LogP contribution is -2.33. The van der Waals surface area contributed by atoms with E-state index in [1.165, 1.54) is 0 Å². The number of nitrogens with zero attached hydrogens (tertiary/aromatic N) is 1. The Hall–Kier alpha value is -2.28. The Kier molecular flexibility index (Phi) is 4.99. The Morgan fingerprint density at radius 3 is 2.71 bits per heavy atom. The van der Waals surface area contributed by atoms with Crippen molar-refractivity contribution in [1.29, 1.82) is 5.26 Å². The van der Waals surface area contributed by atoms with E-state index in [0.29, 0.717) is 0 Å². The van der Waals surface area contributed by atoms with E-state index in [4.69, 9.17) is 4.74 Å². The standard InChI is InChI=1S/C17H20N2O2/c1-12-9-16(21-2)8-7-13(12)10-14(11-18)17(20)19-15-5-3-4-6-15/h7-10,15H,3-6H2,1-2H3,(H,19,20)/b14-10-. The molecular weight excluding hydrogens is 264 g/mol. The highest BCUT2D eigenvalue weighted by molar-refractivity contribution is 6.02. The summed E-state index contributed by atoms with van der Waals surface area (Å²) in [7, 11) is 1.61. The van der Waals surface area contributed by atoms with Crippen LogP contribution in [0.2, 0.25) is 0 Å². The second kappa shape index (κ2) is 6.94. The van der Waals surface area contributed by atoms with E-state index < -0.39 is 0 Å². The number of nitriles is 1. The number of benzene rings is 1. The fraction of sp³-hybridized carbons (Fsp3) is 0.412. The minimum Gasteiger partial charge on any atom is -0.497 e. The lowest BCUT2D eigenvalue weighted by molar-refractivity contribution is -0.117. The van der Waals surface area contributed by atoms with Gasteiger partial charge < -0.3 is 10.1 Å². The van der Waals surface area contributed by atoms with Crippen molar-refractivity contribution >= 4 is 12.0 Å². The molecule has 4 heteroatoms. The van der Waals surface area contributed by atoms with Crippen LogP contribution in [0.5, 0.6) is 5.75 Å². The van der Waals surface area contributed by atoms with Gasteiger partial charge in [0.15, 0.2) is 0 Å². The predicted molar refractivity (Wildman–Crippen MR) is 81.7 cm³/mol. The van der Waals surface area contributed by atoms with Crippen molar-refractivity contribution < 1.29 is 9.53 Å². The summed E-state index contributed by atoms with van der Waals surface area (Å²) in [6, 6.07) is 7.77. The number of nitrogens with one attached hydrogen (secondary N) is 1. The van der Waals surface area contributed by atoms with E-state index in [0.717, 1.165) is 42.6 Å². The summed E-state index contributed by atoms with van der Waals surface area (Å²) in [5, 5.41) is 12.2. The molecule has 1 amide bonds. The summed E-state index contributed by atoms with van der Waals surface area (Å²) in [4.78, 5) is 12.1. The lowest BCUT2D eigenvalue weighted by Gasteiger charge is -2.11. The topological polar surface area (TPSA) is 62.1 Å². The fourth-order valence-electron chi connectivity index (χ4n) is 2.57. The van der Waals surface area contributed by atoms with Crippen LogP contribution >= 0.6 is 0 Å². The molecule has 0 aromatic heterocycles. The Labute approximate surface area is 125 Å². The number of hydrogen-bond donors (Lipinski definition) is 1. The predicted octanol–water partition coefficient (Wildman–Crippen LogP) is 2.97. The van der Waals surface area contributed by atoms with Crippen molar-refractivity contribution in [3.8, 4) is 11.8 Å². The van der Waals surface area contributed by atoms with Crippen molar-refractivity contribution in [2.45, 2.75) is 38.6 Å². The summed E-state index contributed by atoms with van der Waals surface area (Å²) in [5.41, 5.74) is 1.97. The number of aryl methyl sites for hydroxylation is 1. The largest absolute Gasteiger partial charge is 0.497 e. The van der Waals surface area contributed by atoms with Crippen LogP contribution in [0, 0.1) is 18.3 Å². The van der Waals surface area contributed by atoms with Crippen molar-refractivity contribution in [3.05, 3.63) is 34.9 Å². The minimum absolute atomic E-state index is 0.148. The van der Waals surface area contributed by atoms with Crippen molar-refractivity contribution in [3.63, 3.8) is 0 Å². The van der Waals surface area contributed by atoms with Crippen LogP contribution in [0.1, 0.15) is 36.8 Å². The Balaban J connectivity index is 2.16. The van der Waals surface area contributed by atoms with Crippen LogP contribution < -0.4 is 10.1 Å². The molecule has 0 aliphatic heterocycles. The number of carbonyl (C=O) groups is 1. The van der Waals surface area contributed by atoms with Crippen LogP contribution in [0.15, 0.2) is 23.8 Å². The molecule has 0 heterocycles. The molecule has 1 fully saturated rings. The average molecular weight is 284 g/mol. The van der Waals surface area contributed by atoms with Crippen molar-refractivity contribution in [2.75, 3.05) is 7.11 Å². The maximum Gasteiger partial charge on any atom is 0.262 e. The summed E-state index contributed by atoms with van der Waals surface area (Å²) in [6.45, 7) is 1.93. The highest BCUT2D eigenvalue weighted by Crippen LogP contribution is 2.20. The summed E-state index contributed by atoms with van der Waals surface area (Å²) in [6.07, 6.45) is 5.94. The SMILES string of the molecule is COc1ccc(/C=C(/C#N)C(=O)NC2CCCC2)c(C)c1. The third kappa shape index (κ3) is 3.85. The zero-order chi connectivity index (χ0) is 15.2. The lowest BCUT2D eigenvalue weighted by atomic mass is 10.0. The van der Waals surface area contributed by atoms with Gasteiger partial charge in [0.1, 0.15) is 17.4 Å². The molecule has 1 N–H and O–H groups in total. The van der Waals surface area contributed by atoms with Crippen LogP contribution in [0.4, 0.5) is 0 Å². The molecule has 1 saturated carbocycles. The third-order valence-corrected chi connectivity index (χ3v) is 3.83. The number of hydrogen-bond acceptors (Lipinski definition) is 3. The highest BCUT2D eigenvalue weighted by atomic mass is 16.5. The molecule has 0 saturated heterocycles.